The standard InChI is InChI=1S/C14H21ClN2O2/c1-14(2,3)17-8-7-16-10-5-6-12(15)11(9-10)13(18)19-4/h5-6,9,16-17H,7-8H2,1-4H3. The lowest BCUT2D eigenvalue weighted by molar-refractivity contribution is 0.0601. The van der Waals surface area contributed by atoms with Crippen LogP contribution in [0.1, 0.15) is 31.1 Å². The van der Waals surface area contributed by atoms with E-state index >= 15 is 0 Å². The molecule has 0 aliphatic heterocycles. The number of carbonyl (C=O) groups excluding carboxylic acids is 1. The van der Waals surface area contributed by atoms with Gasteiger partial charge in [0.1, 0.15) is 0 Å². The van der Waals surface area contributed by atoms with Crippen molar-refractivity contribution in [3.63, 3.8) is 0 Å². The van der Waals surface area contributed by atoms with Gasteiger partial charge in [0.25, 0.3) is 0 Å². The fraction of sp³-hybridized carbons (Fsp3) is 0.500. The van der Waals surface area contributed by atoms with E-state index in [0.29, 0.717) is 10.6 Å². The molecule has 0 spiro atoms. The average Bonchev–Trinajstić information content (AvgIpc) is 2.34. The average molecular weight is 285 g/mol. The molecular weight excluding hydrogens is 264 g/mol. The van der Waals surface area contributed by atoms with Crippen molar-refractivity contribution >= 4 is 23.3 Å². The van der Waals surface area contributed by atoms with Gasteiger partial charge in [-0.1, -0.05) is 11.6 Å². The topological polar surface area (TPSA) is 50.4 Å². The first-order valence-electron chi connectivity index (χ1n) is 6.20. The van der Waals surface area contributed by atoms with Crippen LogP contribution in [0.2, 0.25) is 5.02 Å². The third-order valence-corrected chi connectivity index (χ3v) is 2.81. The number of rotatable bonds is 5. The van der Waals surface area contributed by atoms with Gasteiger partial charge in [0.05, 0.1) is 17.7 Å². The van der Waals surface area contributed by atoms with E-state index in [4.69, 9.17) is 11.6 Å². The maximum Gasteiger partial charge on any atom is 0.339 e. The van der Waals surface area contributed by atoms with E-state index < -0.39 is 5.97 Å². The van der Waals surface area contributed by atoms with Gasteiger partial charge in [-0.3, -0.25) is 0 Å². The van der Waals surface area contributed by atoms with Crippen molar-refractivity contribution in [1.29, 1.82) is 0 Å². The Morgan fingerprint density at radius 3 is 2.58 bits per heavy atom. The number of hydrogen-bond donors (Lipinski definition) is 2. The van der Waals surface area contributed by atoms with E-state index in [0.717, 1.165) is 18.8 Å². The molecule has 2 N–H and O–H groups in total. The van der Waals surface area contributed by atoms with Crippen molar-refractivity contribution in [1.82, 2.24) is 5.32 Å². The minimum Gasteiger partial charge on any atom is -0.465 e. The molecule has 0 saturated heterocycles. The molecule has 0 heterocycles. The molecule has 19 heavy (non-hydrogen) atoms. The quantitative estimate of drug-likeness (QED) is 0.645. The zero-order valence-electron chi connectivity index (χ0n) is 11.8. The number of benzene rings is 1. The van der Waals surface area contributed by atoms with E-state index in [9.17, 15) is 4.79 Å². The van der Waals surface area contributed by atoms with Crippen LogP contribution in [0.4, 0.5) is 5.69 Å². The summed E-state index contributed by atoms with van der Waals surface area (Å²) in [5.41, 5.74) is 1.32. The summed E-state index contributed by atoms with van der Waals surface area (Å²) in [5, 5.41) is 7.00. The second-order valence-electron chi connectivity index (χ2n) is 5.29. The van der Waals surface area contributed by atoms with Crippen molar-refractivity contribution in [2.45, 2.75) is 26.3 Å². The fourth-order valence-corrected chi connectivity index (χ4v) is 1.74. The Morgan fingerprint density at radius 1 is 1.32 bits per heavy atom. The summed E-state index contributed by atoms with van der Waals surface area (Å²) in [7, 11) is 1.34. The zero-order chi connectivity index (χ0) is 14.5. The van der Waals surface area contributed by atoms with Gasteiger partial charge in [0.15, 0.2) is 0 Å². The van der Waals surface area contributed by atoms with Crippen molar-refractivity contribution in [3.05, 3.63) is 28.8 Å². The van der Waals surface area contributed by atoms with Gasteiger partial charge in [0.2, 0.25) is 0 Å². The molecule has 0 aromatic heterocycles. The van der Waals surface area contributed by atoms with Crippen molar-refractivity contribution in [3.8, 4) is 0 Å². The molecule has 5 heteroatoms. The normalized spacial score (nSPS) is 11.2. The number of methoxy groups -OCH3 is 1. The van der Waals surface area contributed by atoms with Crippen LogP contribution in [0.15, 0.2) is 18.2 Å². The summed E-state index contributed by atoms with van der Waals surface area (Å²) in [6.07, 6.45) is 0. The summed E-state index contributed by atoms with van der Waals surface area (Å²) in [6, 6.07) is 5.23. The molecule has 0 atom stereocenters. The Kier molecular flexibility index (Phi) is 5.63. The van der Waals surface area contributed by atoms with E-state index in [2.05, 4.69) is 36.1 Å². The minimum atomic E-state index is -0.429. The number of nitrogens with one attached hydrogen (secondary N) is 2. The second kappa shape index (κ2) is 6.78. The first-order chi connectivity index (χ1) is 8.83. The van der Waals surface area contributed by atoms with Crippen molar-refractivity contribution in [2.24, 2.45) is 0 Å². The van der Waals surface area contributed by atoms with Crippen LogP contribution in [0, 0.1) is 0 Å². The summed E-state index contributed by atoms with van der Waals surface area (Å²) in [4.78, 5) is 11.5. The fourth-order valence-electron chi connectivity index (χ4n) is 1.55. The highest BCUT2D eigenvalue weighted by atomic mass is 35.5. The van der Waals surface area contributed by atoms with Crippen LogP contribution in [-0.4, -0.2) is 31.7 Å². The second-order valence-corrected chi connectivity index (χ2v) is 5.70. The van der Waals surface area contributed by atoms with Crippen LogP contribution in [0.3, 0.4) is 0 Å². The van der Waals surface area contributed by atoms with E-state index in [-0.39, 0.29) is 5.54 Å². The molecule has 0 aliphatic carbocycles. The first kappa shape index (κ1) is 15.8. The largest absolute Gasteiger partial charge is 0.465 e. The SMILES string of the molecule is COC(=O)c1cc(NCCNC(C)(C)C)ccc1Cl. The van der Waals surface area contributed by atoms with Gasteiger partial charge in [0, 0.05) is 24.3 Å². The number of carbonyl (C=O) groups is 1. The molecule has 1 aromatic rings. The number of esters is 1. The number of anilines is 1. The van der Waals surface area contributed by atoms with Crippen LogP contribution < -0.4 is 10.6 Å². The maximum absolute atomic E-state index is 11.5. The predicted octanol–water partition coefficient (Wildman–Crippen LogP) is 2.93. The third kappa shape index (κ3) is 5.49. The third-order valence-electron chi connectivity index (χ3n) is 2.48. The minimum absolute atomic E-state index is 0.0961. The van der Waals surface area contributed by atoms with Gasteiger partial charge in [-0.25, -0.2) is 4.79 Å². The molecule has 0 amide bonds. The highest BCUT2D eigenvalue weighted by Gasteiger charge is 2.11. The van der Waals surface area contributed by atoms with Gasteiger partial charge in [-0.15, -0.1) is 0 Å². The van der Waals surface area contributed by atoms with Gasteiger partial charge < -0.3 is 15.4 Å². The lowest BCUT2D eigenvalue weighted by atomic mass is 10.1. The van der Waals surface area contributed by atoms with Crippen molar-refractivity contribution in [2.75, 3.05) is 25.5 Å². The van der Waals surface area contributed by atoms with Gasteiger partial charge >= 0.3 is 5.97 Å². The zero-order valence-corrected chi connectivity index (χ0v) is 12.6. The van der Waals surface area contributed by atoms with Crippen molar-refractivity contribution < 1.29 is 9.53 Å². The van der Waals surface area contributed by atoms with Crippen LogP contribution in [0.5, 0.6) is 0 Å². The van der Waals surface area contributed by atoms with E-state index in [1.54, 1.807) is 12.1 Å². The molecule has 0 aliphatic rings. The van der Waals surface area contributed by atoms with E-state index in [1.165, 1.54) is 7.11 Å². The number of ether oxygens (including phenoxy) is 1. The highest BCUT2D eigenvalue weighted by molar-refractivity contribution is 6.33. The smallest absolute Gasteiger partial charge is 0.339 e. The molecule has 0 fully saturated rings. The Balaban J connectivity index is 2.58. The Bertz CT molecular complexity index is 442. The molecule has 106 valence electrons. The maximum atomic E-state index is 11.5. The molecule has 0 bridgehead atoms. The summed E-state index contributed by atoms with van der Waals surface area (Å²) in [6.45, 7) is 7.94. The molecule has 1 rings (SSSR count). The Morgan fingerprint density at radius 2 is 2.00 bits per heavy atom. The molecule has 0 radical (unpaired) electrons. The van der Waals surface area contributed by atoms with Crippen LogP contribution in [-0.2, 0) is 4.74 Å². The van der Waals surface area contributed by atoms with Crippen LogP contribution in [0.25, 0.3) is 0 Å². The lowest BCUT2D eigenvalue weighted by Crippen LogP contribution is -2.38. The highest BCUT2D eigenvalue weighted by Crippen LogP contribution is 2.21. The lowest BCUT2D eigenvalue weighted by Gasteiger charge is -2.20. The summed E-state index contributed by atoms with van der Waals surface area (Å²) < 4.78 is 4.68. The molecule has 1 aromatic carbocycles. The molecule has 4 nitrogen and oxygen atoms in total. The summed E-state index contributed by atoms with van der Waals surface area (Å²) >= 11 is 5.95. The monoisotopic (exact) mass is 284 g/mol. The molecule has 0 saturated carbocycles. The number of hydrogen-bond acceptors (Lipinski definition) is 4. The van der Waals surface area contributed by atoms with E-state index in [1.807, 2.05) is 6.07 Å². The molecular formula is C14H21ClN2O2. The summed E-state index contributed by atoms with van der Waals surface area (Å²) in [5.74, 6) is -0.429. The Hall–Kier alpha value is -1.26. The predicted molar refractivity (Wildman–Crippen MR) is 79.0 cm³/mol. The number of halogens is 1. The Labute approximate surface area is 119 Å². The van der Waals surface area contributed by atoms with Gasteiger partial charge in [-0.2, -0.15) is 0 Å². The van der Waals surface area contributed by atoms with Crippen LogP contribution >= 0.6 is 11.6 Å². The molecule has 0 unspecified atom stereocenters. The first-order valence-corrected chi connectivity index (χ1v) is 6.58. The van der Waals surface area contributed by atoms with Gasteiger partial charge in [-0.05, 0) is 39.0 Å².